The van der Waals surface area contributed by atoms with Crippen molar-refractivity contribution in [2.45, 2.75) is 37.2 Å². The predicted molar refractivity (Wildman–Crippen MR) is 156 cm³/mol. The summed E-state index contributed by atoms with van der Waals surface area (Å²) in [6.45, 7) is 3.98. The zero-order valence-corrected chi connectivity index (χ0v) is 22.7. The molecule has 5 nitrogen and oxygen atoms in total. The fourth-order valence-corrected chi connectivity index (χ4v) is 6.15. The van der Waals surface area contributed by atoms with E-state index in [-0.39, 0.29) is 5.92 Å². The van der Waals surface area contributed by atoms with Crippen molar-refractivity contribution in [1.82, 2.24) is 4.90 Å². The molecule has 4 aromatic rings. The van der Waals surface area contributed by atoms with E-state index < -0.39 is 11.6 Å². The number of fused-ring (bicyclic) bond motifs is 1. The van der Waals surface area contributed by atoms with Gasteiger partial charge in [-0.2, -0.15) is 0 Å². The summed E-state index contributed by atoms with van der Waals surface area (Å²) in [5.41, 5.74) is 3.42. The number of rotatable bonds is 9. The fourth-order valence-electron chi connectivity index (χ4n) is 6.15. The highest BCUT2D eigenvalue weighted by Crippen LogP contribution is 2.50. The average molecular weight is 534 g/mol. The first kappa shape index (κ1) is 26.3. The maximum atomic E-state index is 12.6. The molecule has 204 valence electrons. The van der Waals surface area contributed by atoms with Gasteiger partial charge in [0.2, 0.25) is 0 Å². The van der Waals surface area contributed by atoms with E-state index in [2.05, 4.69) is 29.2 Å². The maximum absolute atomic E-state index is 12.6. The van der Waals surface area contributed by atoms with Crippen LogP contribution in [-0.4, -0.2) is 42.2 Å². The summed E-state index contributed by atoms with van der Waals surface area (Å²) in [5, 5.41) is 12.3. The molecule has 0 amide bonds. The highest BCUT2D eigenvalue weighted by atomic mass is 16.5. The lowest BCUT2D eigenvalue weighted by Crippen LogP contribution is -2.32. The zero-order valence-electron chi connectivity index (χ0n) is 22.7. The number of hydrogen-bond donors (Lipinski definition) is 1. The van der Waals surface area contributed by atoms with Crippen LogP contribution in [0.25, 0.3) is 0 Å². The lowest BCUT2D eigenvalue weighted by molar-refractivity contribution is 0.0189. The Morgan fingerprint density at radius 2 is 1.52 bits per heavy atom. The molecule has 6 rings (SSSR count). The van der Waals surface area contributed by atoms with E-state index in [1.54, 1.807) is 18.2 Å². The van der Waals surface area contributed by atoms with E-state index in [4.69, 9.17) is 9.47 Å². The topological polar surface area (TPSA) is 59.0 Å². The van der Waals surface area contributed by atoms with Gasteiger partial charge in [0, 0.05) is 18.9 Å². The number of aliphatic hydroxyl groups is 1. The number of carbonyl (C=O) groups is 1. The van der Waals surface area contributed by atoms with Crippen LogP contribution in [0.4, 0.5) is 0 Å². The summed E-state index contributed by atoms with van der Waals surface area (Å²) in [4.78, 5) is 15.1. The van der Waals surface area contributed by atoms with Gasteiger partial charge >= 0.3 is 5.97 Å². The molecule has 4 aromatic carbocycles. The molecule has 1 saturated heterocycles. The van der Waals surface area contributed by atoms with Gasteiger partial charge in [-0.3, -0.25) is 4.90 Å². The van der Waals surface area contributed by atoms with Gasteiger partial charge in [0.15, 0.2) is 0 Å². The molecule has 0 bridgehead atoms. The van der Waals surface area contributed by atoms with Crippen LogP contribution in [0, 0.1) is 0 Å². The van der Waals surface area contributed by atoms with E-state index in [0.29, 0.717) is 30.8 Å². The van der Waals surface area contributed by atoms with Crippen LogP contribution < -0.4 is 9.47 Å². The molecule has 2 atom stereocenters. The highest BCUT2D eigenvalue weighted by Gasteiger charge is 2.46. The summed E-state index contributed by atoms with van der Waals surface area (Å²) in [5.74, 6) is 0.821. The van der Waals surface area contributed by atoms with Crippen molar-refractivity contribution in [3.63, 3.8) is 0 Å². The van der Waals surface area contributed by atoms with E-state index in [1.807, 2.05) is 60.7 Å². The minimum absolute atomic E-state index is 0.125. The average Bonchev–Trinajstić information content (AvgIpc) is 3.61. The van der Waals surface area contributed by atoms with Gasteiger partial charge < -0.3 is 14.6 Å². The van der Waals surface area contributed by atoms with Gasteiger partial charge in [-0.1, -0.05) is 66.7 Å². The minimum Gasteiger partial charge on any atom is -0.492 e. The van der Waals surface area contributed by atoms with Crippen molar-refractivity contribution in [2.24, 2.45) is 0 Å². The van der Waals surface area contributed by atoms with Crippen molar-refractivity contribution < 1.29 is 19.4 Å². The van der Waals surface area contributed by atoms with Crippen molar-refractivity contribution in [3.05, 3.63) is 131 Å². The summed E-state index contributed by atoms with van der Waals surface area (Å²) in [7, 11) is 0. The number of hydrogen-bond acceptors (Lipinski definition) is 5. The summed E-state index contributed by atoms with van der Waals surface area (Å²) < 4.78 is 11.7. The lowest BCUT2D eigenvalue weighted by atomic mass is 9.78. The van der Waals surface area contributed by atoms with Crippen LogP contribution in [0.2, 0.25) is 0 Å². The Morgan fingerprint density at radius 3 is 2.25 bits per heavy atom. The number of nitrogens with zero attached hydrogens (tertiary/aromatic N) is 1. The Labute approximate surface area is 236 Å². The van der Waals surface area contributed by atoms with E-state index in [0.717, 1.165) is 34.5 Å². The van der Waals surface area contributed by atoms with Crippen molar-refractivity contribution in [1.29, 1.82) is 0 Å². The number of benzene rings is 4. The first-order chi connectivity index (χ1) is 19.6. The summed E-state index contributed by atoms with van der Waals surface area (Å²) >= 11 is 0. The summed E-state index contributed by atoms with van der Waals surface area (Å²) in [6, 6.07) is 32.9. The second kappa shape index (κ2) is 11.7. The van der Waals surface area contributed by atoms with Gasteiger partial charge in [-0.25, -0.2) is 4.79 Å². The molecule has 1 heterocycles. The van der Waals surface area contributed by atoms with Crippen LogP contribution in [0.1, 0.15) is 51.4 Å². The monoisotopic (exact) mass is 533 g/mol. The Balaban J connectivity index is 1.21. The van der Waals surface area contributed by atoms with Gasteiger partial charge in [0.05, 0.1) is 5.56 Å². The molecule has 1 fully saturated rings. The third-order valence-corrected chi connectivity index (χ3v) is 8.24. The van der Waals surface area contributed by atoms with Gasteiger partial charge in [-0.05, 0) is 91.0 Å². The Hall–Kier alpha value is -3.93. The Kier molecular flexibility index (Phi) is 7.67. The smallest absolute Gasteiger partial charge is 0.343 e. The molecule has 1 aliphatic carbocycles. The maximum Gasteiger partial charge on any atom is 0.343 e. The van der Waals surface area contributed by atoms with Gasteiger partial charge in [0.25, 0.3) is 0 Å². The molecule has 2 unspecified atom stereocenters. The second-order valence-corrected chi connectivity index (χ2v) is 10.9. The van der Waals surface area contributed by atoms with Crippen molar-refractivity contribution in [2.75, 3.05) is 26.2 Å². The molecule has 1 aliphatic heterocycles. The Bertz CT molecular complexity index is 1430. The van der Waals surface area contributed by atoms with Crippen molar-refractivity contribution in [3.8, 4) is 11.5 Å². The minimum atomic E-state index is -1.10. The molecule has 1 N–H and O–H groups in total. The highest BCUT2D eigenvalue weighted by molar-refractivity contribution is 5.91. The number of carbonyl (C=O) groups excluding carboxylic acids is 1. The third kappa shape index (κ3) is 5.67. The molecule has 40 heavy (non-hydrogen) atoms. The number of likely N-dealkylation sites (tertiary alicyclic amines) is 1. The molecule has 0 saturated carbocycles. The lowest BCUT2D eigenvalue weighted by Gasteiger charge is -2.32. The van der Waals surface area contributed by atoms with Gasteiger partial charge in [-0.15, -0.1) is 0 Å². The van der Waals surface area contributed by atoms with E-state index in [9.17, 15) is 9.90 Å². The third-order valence-electron chi connectivity index (χ3n) is 8.24. The largest absolute Gasteiger partial charge is 0.492 e. The molecule has 0 radical (unpaired) electrons. The standard InChI is InChI=1S/C35H35NO4/c37-34(28-11-5-2-6-12-28)40-31-17-18-32-29(23-31)24-33(27-9-3-1-4-10-27)35(32,38)25-26-13-15-30(16-14-26)39-22-21-36-19-7-8-20-36/h1-6,9-18,23,33,38H,7-8,19-22,24-25H2. The van der Waals surface area contributed by atoms with Crippen LogP contribution >= 0.6 is 0 Å². The van der Waals surface area contributed by atoms with Crippen molar-refractivity contribution >= 4 is 5.97 Å². The SMILES string of the molecule is O=C(Oc1ccc2c(c1)CC(c1ccccc1)C2(O)Cc1ccc(OCCN2CCCC2)cc1)c1ccccc1. The number of esters is 1. The molecular weight excluding hydrogens is 498 g/mol. The first-order valence-corrected chi connectivity index (χ1v) is 14.2. The molecular formula is C35H35NO4. The quantitative estimate of drug-likeness (QED) is 0.207. The molecule has 0 spiro atoms. The van der Waals surface area contributed by atoms with E-state index in [1.165, 1.54) is 25.9 Å². The molecule has 2 aliphatic rings. The van der Waals surface area contributed by atoms with Crippen LogP contribution in [0.3, 0.4) is 0 Å². The Morgan fingerprint density at radius 1 is 0.850 bits per heavy atom. The van der Waals surface area contributed by atoms with Crippen LogP contribution in [0.5, 0.6) is 11.5 Å². The molecule has 5 heteroatoms. The number of ether oxygens (including phenoxy) is 2. The molecule has 0 aromatic heterocycles. The van der Waals surface area contributed by atoms with Gasteiger partial charge in [0.1, 0.15) is 23.7 Å². The first-order valence-electron chi connectivity index (χ1n) is 14.2. The van der Waals surface area contributed by atoms with Crippen LogP contribution in [0.15, 0.2) is 103 Å². The van der Waals surface area contributed by atoms with Crippen LogP contribution in [-0.2, 0) is 18.4 Å². The zero-order chi connectivity index (χ0) is 27.4. The summed E-state index contributed by atoms with van der Waals surface area (Å²) in [6.07, 6.45) is 3.69. The second-order valence-electron chi connectivity index (χ2n) is 10.9. The fraction of sp³-hybridized carbons (Fsp3) is 0.286. The van der Waals surface area contributed by atoms with E-state index >= 15 is 0 Å². The predicted octanol–water partition coefficient (Wildman–Crippen LogP) is 6.15. The normalized spacial score (nSPS) is 20.3.